The Hall–Kier alpha value is -1.27. The number of nitrogens with one attached hydrogen (secondary N) is 2. The van der Waals surface area contributed by atoms with E-state index in [0.717, 1.165) is 19.3 Å². The molecule has 2 atom stereocenters. The molecule has 0 spiro atoms. The van der Waals surface area contributed by atoms with E-state index < -0.39 is 0 Å². The molecule has 2 amide bonds. The molecule has 1 aliphatic rings. The van der Waals surface area contributed by atoms with Crippen LogP contribution in [0.25, 0.3) is 0 Å². The average molecular weight is 312 g/mol. The van der Waals surface area contributed by atoms with E-state index in [1.54, 1.807) is 18.4 Å². The van der Waals surface area contributed by atoms with Gasteiger partial charge >= 0.3 is 6.03 Å². The Morgan fingerprint density at radius 1 is 1.57 bits per heavy atom. The number of carbonyl (C=O) groups is 1. The molecule has 116 valence electrons. The Kier molecular flexibility index (Phi) is 5.11. The van der Waals surface area contributed by atoms with E-state index in [2.05, 4.69) is 10.6 Å². The van der Waals surface area contributed by atoms with Crippen molar-refractivity contribution in [3.8, 4) is 0 Å². The molecule has 2 unspecified atom stereocenters. The van der Waals surface area contributed by atoms with Crippen molar-refractivity contribution in [2.24, 2.45) is 5.41 Å². The van der Waals surface area contributed by atoms with Crippen LogP contribution < -0.4 is 10.6 Å². The SMILES string of the molecule is CSc1ccc(NC(=O)NC2CCCC2(C)CO)cc1F. The maximum Gasteiger partial charge on any atom is 0.319 e. The Morgan fingerprint density at radius 2 is 2.33 bits per heavy atom. The number of rotatable bonds is 4. The second-order valence-corrected chi connectivity index (χ2v) is 6.55. The van der Waals surface area contributed by atoms with Crippen LogP contribution in [0.2, 0.25) is 0 Å². The zero-order chi connectivity index (χ0) is 15.5. The van der Waals surface area contributed by atoms with Crippen LogP contribution in [0.3, 0.4) is 0 Å². The number of amides is 2. The molecule has 2 rings (SSSR count). The van der Waals surface area contributed by atoms with E-state index in [4.69, 9.17) is 0 Å². The van der Waals surface area contributed by atoms with E-state index in [1.165, 1.54) is 17.8 Å². The van der Waals surface area contributed by atoms with Crippen LogP contribution in [0.1, 0.15) is 26.2 Å². The fourth-order valence-corrected chi connectivity index (χ4v) is 3.20. The molecule has 0 aromatic heterocycles. The standard InChI is InChI=1S/C15H21FN2O2S/c1-15(9-19)7-3-4-13(15)18-14(20)17-10-5-6-12(21-2)11(16)8-10/h5-6,8,13,19H,3-4,7,9H2,1-2H3,(H2,17,18,20). The second-order valence-electron chi connectivity index (χ2n) is 5.70. The van der Waals surface area contributed by atoms with Crippen molar-refractivity contribution in [2.75, 3.05) is 18.2 Å². The highest BCUT2D eigenvalue weighted by Gasteiger charge is 2.39. The molecule has 21 heavy (non-hydrogen) atoms. The second kappa shape index (κ2) is 6.66. The third-order valence-corrected chi connectivity index (χ3v) is 4.93. The van der Waals surface area contributed by atoms with Gasteiger partial charge < -0.3 is 15.7 Å². The highest BCUT2D eigenvalue weighted by molar-refractivity contribution is 7.98. The fraction of sp³-hybridized carbons (Fsp3) is 0.533. The van der Waals surface area contributed by atoms with E-state index in [9.17, 15) is 14.3 Å². The summed E-state index contributed by atoms with van der Waals surface area (Å²) in [6.07, 6.45) is 4.53. The minimum Gasteiger partial charge on any atom is -0.396 e. The van der Waals surface area contributed by atoms with Gasteiger partial charge in [-0.25, -0.2) is 9.18 Å². The van der Waals surface area contributed by atoms with E-state index in [1.807, 2.05) is 6.92 Å². The van der Waals surface area contributed by atoms with E-state index in [0.29, 0.717) is 10.6 Å². The molecule has 1 aliphatic carbocycles. The molecule has 0 saturated heterocycles. The number of halogens is 1. The zero-order valence-electron chi connectivity index (χ0n) is 12.3. The molecule has 0 bridgehead atoms. The van der Waals surface area contributed by atoms with Crippen molar-refractivity contribution in [3.63, 3.8) is 0 Å². The predicted octanol–water partition coefficient (Wildman–Crippen LogP) is 3.22. The number of hydrogen-bond donors (Lipinski definition) is 3. The highest BCUT2D eigenvalue weighted by atomic mass is 32.2. The number of thioether (sulfide) groups is 1. The van der Waals surface area contributed by atoms with Gasteiger partial charge in [0.05, 0.1) is 6.61 Å². The summed E-state index contributed by atoms with van der Waals surface area (Å²) in [7, 11) is 0. The van der Waals surface area contributed by atoms with E-state index in [-0.39, 0.29) is 29.9 Å². The first-order chi connectivity index (χ1) is 9.98. The Labute approximate surface area is 128 Å². The lowest BCUT2D eigenvalue weighted by atomic mass is 9.86. The van der Waals surface area contributed by atoms with Gasteiger partial charge in [0.2, 0.25) is 0 Å². The monoisotopic (exact) mass is 312 g/mol. The Morgan fingerprint density at radius 3 is 2.95 bits per heavy atom. The predicted molar refractivity (Wildman–Crippen MR) is 83.2 cm³/mol. The van der Waals surface area contributed by atoms with Crippen LogP contribution >= 0.6 is 11.8 Å². The first-order valence-corrected chi connectivity index (χ1v) is 8.23. The van der Waals surface area contributed by atoms with Gasteiger partial charge in [-0.15, -0.1) is 11.8 Å². The van der Waals surface area contributed by atoms with Crippen LogP contribution in [0.4, 0.5) is 14.9 Å². The smallest absolute Gasteiger partial charge is 0.319 e. The average Bonchev–Trinajstić information content (AvgIpc) is 2.81. The molecule has 6 heteroatoms. The summed E-state index contributed by atoms with van der Waals surface area (Å²) in [6, 6.07) is 4.21. The van der Waals surface area contributed by atoms with Gasteiger partial charge in [0.15, 0.2) is 0 Å². The summed E-state index contributed by atoms with van der Waals surface area (Å²) in [4.78, 5) is 12.6. The van der Waals surface area contributed by atoms with Gasteiger partial charge in [-0.2, -0.15) is 0 Å². The number of benzene rings is 1. The summed E-state index contributed by atoms with van der Waals surface area (Å²) in [5.74, 6) is -0.346. The molecule has 0 heterocycles. The number of carbonyl (C=O) groups excluding carboxylic acids is 1. The molecule has 0 radical (unpaired) electrons. The van der Waals surface area contributed by atoms with Gasteiger partial charge in [-0.3, -0.25) is 0 Å². The minimum atomic E-state index is -0.363. The summed E-state index contributed by atoms with van der Waals surface area (Å²) >= 11 is 1.32. The summed E-state index contributed by atoms with van der Waals surface area (Å²) in [6.45, 7) is 2.02. The molecule has 1 saturated carbocycles. The largest absolute Gasteiger partial charge is 0.396 e. The van der Waals surface area contributed by atoms with Crippen LogP contribution in [0.5, 0.6) is 0 Å². The van der Waals surface area contributed by atoms with Crippen molar-refractivity contribution < 1.29 is 14.3 Å². The first kappa shape index (κ1) is 16.1. The topological polar surface area (TPSA) is 61.4 Å². The highest BCUT2D eigenvalue weighted by Crippen LogP contribution is 2.37. The first-order valence-electron chi connectivity index (χ1n) is 7.00. The third kappa shape index (κ3) is 3.68. The molecule has 0 aliphatic heterocycles. The Balaban J connectivity index is 1.97. The van der Waals surface area contributed by atoms with Crippen molar-refractivity contribution in [3.05, 3.63) is 24.0 Å². The third-order valence-electron chi connectivity index (χ3n) is 4.16. The van der Waals surface area contributed by atoms with Crippen LogP contribution in [-0.4, -0.2) is 30.0 Å². The number of aliphatic hydroxyl groups excluding tert-OH is 1. The fourth-order valence-electron chi connectivity index (χ4n) is 2.74. The van der Waals surface area contributed by atoms with Crippen LogP contribution in [-0.2, 0) is 0 Å². The van der Waals surface area contributed by atoms with Gasteiger partial charge in [0.1, 0.15) is 5.82 Å². The molecule has 4 nitrogen and oxygen atoms in total. The normalized spacial score (nSPS) is 24.9. The molecule has 1 fully saturated rings. The van der Waals surface area contributed by atoms with Crippen molar-refractivity contribution in [2.45, 2.75) is 37.1 Å². The number of aliphatic hydroxyl groups is 1. The number of hydrogen-bond acceptors (Lipinski definition) is 3. The summed E-state index contributed by atoms with van der Waals surface area (Å²) < 4.78 is 13.7. The van der Waals surface area contributed by atoms with Crippen molar-refractivity contribution in [1.29, 1.82) is 0 Å². The van der Waals surface area contributed by atoms with Gasteiger partial charge in [-0.05, 0) is 37.3 Å². The van der Waals surface area contributed by atoms with Crippen LogP contribution in [0.15, 0.2) is 23.1 Å². The number of anilines is 1. The summed E-state index contributed by atoms with van der Waals surface area (Å²) in [5.41, 5.74) is 0.150. The van der Waals surface area contributed by atoms with Gasteiger partial charge in [-0.1, -0.05) is 13.3 Å². The molecular formula is C15H21FN2O2S. The molecular weight excluding hydrogens is 291 g/mol. The van der Waals surface area contributed by atoms with Gasteiger partial charge in [0, 0.05) is 22.0 Å². The lowest BCUT2D eigenvalue weighted by Gasteiger charge is -2.30. The Bertz CT molecular complexity index is 526. The minimum absolute atomic E-state index is 0.0506. The molecule has 3 N–H and O–H groups in total. The van der Waals surface area contributed by atoms with E-state index >= 15 is 0 Å². The lowest BCUT2D eigenvalue weighted by molar-refractivity contribution is 0.122. The van der Waals surface area contributed by atoms with Crippen molar-refractivity contribution in [1.82, 2.24) is 5.32 Å². The van der Waals surface area contributed by atoms with Crippen LogP contribution in [0, 0.1) is 11.2 Å². The zero-order valence-corrected chi connectivity index (χ0v) is 13.1. The van der Waals surface area contributed by atoms with Gasteiger partial charge in [0.25, 0.3) is 0 Å². The lowest BCUT2D eigenvalue weighted by Crippen LogP contribution is -2.46. The summed E-state index contributed by atoms with van der Waals surface area (Å²) in [5, 5.41) is 15.0. The maximum atomic E-state index is 13.7. The molecule has 1 aromatic rings. The quantitative estimate of drug-likeness (QED) is 0.748. The van der Waals surface area contributed by atoms with Crippen molar-refractivity contribution >= 4 is 23.5 Å². The number of urea groups is 1. The maximum absolute atomic E-state index is 13.7. The molecule has 1 aromatic carbocycles.